The van der Waals surface area contributed by atoms with E-state index >= 15 is 0 Å². The van der Waals surface area contributed by atoms with Crippen molar-refractivity contribution in [3.8, 4) is 23.0 Å². The van der Waals surface area contributed by atoms with E-state index in [2.05, 4.69) is 30.7 Å². The number of nitrogens with one attached hydrogen (secondary N) is 1. The molecule has 1 aromatic carbocycles. The van der Waals surface area contributed by atoms with Crippen molar-refractivity contribution in [2.45, 2.75) is 51.0 Å². The number of anilines is 1. The van der Waals surface area contributed by atoms with E-state index in [4.69, 9.17) is 0 Å². The molecule has 2 aromatic heterocycles. The summed E-state index contributed by atoms with van der Waals surface area (Å²) in [5.41, 5.74) is 2.35. The first kappa shape index (κ1) is 31.7. The fourth-order valence-corrected chi connectivity index (χ4v) is 7.72. The zero-order valence-corrected chi connectivity index (χ0v) is 25.9. The van der Waals surface area contributed by atoms with Gasteiger partial charge in [-0.2, -0.15) is 10.4 Å². The van der Waals surface area contributed by atoms with Gasteiger partial charge in [-0.3, -0.25) is 9.16 Å². The third kappa shape index (κ3) is 6.66. The molecule has 236 valence electrons. The van der Waals surface area contributed by atoms with Gasteiger partial charge in [0.05, 0.1) is 11.8 Å². The number of nitrogens with zero attached hydrogens (tertiary/aromatic N) is 6. The molecule has 0 bridgehead atoms. The number of amides is 1. The summed E-state index contributed by atoms with van der Waals surface area (Å²) in [5.74, 6) is -5.02. The highest BCUT2D eigenvalue weighted by molar-refractivity contribution is 8.00. The SMILES string of the molecule is CN=[SH]1(O)CCN(c2ccc(-c3cn(-c4ncccc4F)nc3[C@@H]3CC(F)(F)CC[C@H]3C(=O)N[C@H](C#N)C(C)C)cc2)CC1. The smallest absolute Gasteiger partial charge is 0.248 e. The number of halogens is 3. The number of carbonyl (C=O) groups is 1. The molecule has 1 saturated heterocycles. The van der Waals surface area contributed by atoms with Gasteiger partial charge in [0.15, 0.2) is 11.6 Å². The van der Waals surface area contributed by atoms with Crippen LogP contribution in [0.5, 0.6) is 0 Å². The van der Waals surface area contributed by atoms with Crippen LogP contribution in [0.1, 0.15) is 44.7 Å². The Hall–Kier alpha value is -3.76. The molecule has 0 unspecified atom stereocenters. The summed E-state index contributed by atoms with van der Waals surface area (Å²) in [6.07, 6.45) is 1.83. The molecule has 2 aliphatic rings. The number of rotatable bonds is 7. The fraction of sp³-hybridized carbons (Fsp3) is 0.484. The van der Waals surface area contributed by atoms with E-state index in [-0.39, 0.29) is 23.9 Å². The Morgan fingerprint density at radius 1 is 1.23 bits per heavy atom. The lowest BCUT2D eigenvalue weighted by Crippen LogP contribution is -2.45. The van der Waals surface area contributed by atoms with Gasteiger partial charge in [0, 0.05) is 80.0 Å². The van der Waals surface area contributed by atoms with Crippen molar-refractivity contribution in [3.05, 3.63) is 60.3 Å². The molecule has 1 aliphatic carbocycles. The van der Waals surface area contributed by atoms with E-state index in [9.17, 15) is 27.8 Å². The minimum absolute atomic E-state index is 0.0864. The molecule has 1 saturated carbocycles. The lowest BCUT2D eigenvalue weighted by Gasteiger charge is -2.37. The second kappa shape index (κ2) is 12.7. The van der Waals surface area contributed by atoms with E-state index < -0.39 is 58.5 Å². The number of thiol groups is 1. The van der Waals surface area contributed by atoms with E-state index in [1.807, 2.05) is 24.3 Å². The summed E-state index contributed by atoms with van der Waals surface area (Å²) < 4.78 is 60.8. The number of hydrogen-bond acceptors (Lipinski definition) is 6. The lowest BCUT2D eigenvalue weighted by atomic mass is 9.74. The summed E-state index contributed by atoms with van der Waals surface area (Å²) in [5, 5.41) is 16.9. The number of benzene rings is 1. The highest BCUT2D eigenvalue weighted by Crippen LogP contribution is 2.47. The average Bonchev–Trinajstić information content (AvgIpc) is 3.45. The van der Waals surface area contributed by atoms with Crippen LogP contribution in [-0.4, -0.2) is 68.8 Å². The van der Waals surface area contributed by atoms with Gasteiger partial charge in [-0.05, 0) is 42.2 Å². The molecule has 13 heteroatoms. The zero-order chi connectivity index (χ0) is 31.6. The third-order valence-corrected chi connectivity index (χ3v) is 11.3. The van der Waals surface area contributed by atoms with Crippen molar-refractivity contribution < 1.29 is 22.5 Å². The fourth-order valence-electron chi connectivity index (χ4n) is 5.98. The van der Waals surface area contributed by atoms with Crippen LogP contribution in [0.25, 0.3) is 16.9 Å². The first-order valence-electron chi connectivity index (χ1n) is 14.8. The van der Waals surface area contributed by atoms with Crippen molar-refractivity contribution in [1.82, 2.24) is 20.1 Å². The Kier molecular flexibility index (Phi) is 9.13. The summed E-state index contributed by atoms with van der Waals surface area (Å²) >= 11 is 0. The standard InChI is InChI=1S/C31H38F3N7O2S/c1-20(2)27(18-35)38-30(42)23-10-11-31(33,34)17-24(23)28-25(19-41(39-28)29-26(32)5-4-12-37-29)21-6-8-22(9-7-21)40-13-15-44(43,36-3)16-14-40/h4-9,12,19-20,23-24,27,44H,10-11,13-17H2,1-3H3,(H,36,43)(H,38,42)/t23-,24-,27-/m1/s1. The minimum Gasteiger partial charge on any atom is -0.370 e. The zero-order valence-electron chi connectivity index (χ0n) is 25.0. The Morgan fingerprint density at radius 3 is 2.55 bits per heavy atom. The normalized spacial score (nSPS) is 22.6. The Bertz CT molecular complexity index is 1590. The summed E-state index contributed by atoms with van der Waals surface area (Å²) in [7, 11) is -0.568. The van der Waals surface area contributed by atoms with Crippen LogP contribution in [0.3, 0.4) is 0 Å². The monoisotopic (exact) mass is 629 g/mol. The molecule has 1 aliphatic heterocycles. The van der Waals surface area contributed by atoms with E-state index in [1.165, 1.54) is 23.0 Å². The predicted molar refractivity (Wildman–Crippen MR) is 166 cm³/mol. The number of carbonyl (C=O) groups excluding carboxylic acids is 1. The van der Waals surface area contributed by atoms with Gasteiger partial charge in [0.1, 0.15) is 6.04 Å². The maximum atomic E-state index is 15.0. The molecule has 44 heavy (non-hydrogen) atoms. The summed E-state index contributed by atoms with van der Waals surface area (Å²) in [6, 6.07) is 11.6. The topological polar surface area (TPSA) is 119 Å². The average molecular weight is 630 g/mol. The molecule has 2 N–H and O–H groups in total. The molecule has 0 radical (unpaired) electrons. The number of alkyl halides is 2. The Balaban J connectivity index is 1.54. The van der Waals surface area contributed by atoms with Crippen LogP contribution in [0, 0.1) is 29.0 Å². The summed E-state index contributed by atoms with van der Waals surface area (Å²) in [4.78, 5) is 19.8. The van der Waals surface area contributed by atoms with Crippen molar-refractivity contribution in [1.29, 1.82) is 5.26 Å². The molecule has 5 rings (SSSR count). The quantitative estimate of drug-likeness (QED) is 0.307. The van der Waals surface area contributed by atoms with Gasteiger partial charge in [0.25, 0.3) is 0 Å². The number of aromatic nitrogens is 3. The predicted octanol–water partition coefficient (Wildman–Crippen LogP) is 5.25. The van der Waals surface area contributed by atoms with Crippen LogP contribution >= 0.6 is 0 Å². The largest absolute Gasteiger partial charge is 0.370 e. The molecule has 0 spiro atoms. The molecular formula is C31H38F3N7O2S. The summed E-state index contributed by atoms with van der Waals surface area (Å²) in [6.45, 7) is 4.93. The maximum Gasteiger partial charge on any atom is 0.248 e. The van der Waals surface area contributed by atoms with Crippen LogP contribution in [0.15, 0.2) is 53.2 Å². The minimum atomic E-state index is -3.03. The van der Waals surface area contributed by atoms with E-state index in [0.717, 1.165) is 5.69 Å². The highest BCUT2D eigenvalue weighted by atomic mass is 32.3. The number of pyridine rings is 1. The Labute approximate surface area is 256 Å². The molecule has 9 nitrogen and oxygen atoms in total. The van der Waals surface area contributed by atoms with E-state index in [1.54, 1.807) is 27.1 Å². The second-order valence-corrected chi connectivity index (χ2v) is 15.0. The molecule has 3 heterocycles. The number of hydrogen-bond donors (Lipinski definition) is 3. The van der Waals surface area contributed by atoms with Crippen molar-refractivity contribution in [2.75, 3.05) is 36.5 Å². The molecule has 3 aromatic rings. The second-order valence-electron chi connectivity index (χ2n) is 11.9. The van der Waals surface area contributed by atoms with Gasteiger partial charge in [-0.15, -0.1) is 10.1 Å². The molecule has 1 amide bonds. The molecule has 2 fully saturated rings. The van der Waals surface area contributed by atoms with Crippen molar-refractivity contribution in [2.24, 2.45) is 16.2 Å². The van der Waals surface area contributed by atoms with Gasteiger partial charge in [0.2, 0.25) is 11.8 Å². The maximum absolute atomic E-state index is 15.0. The molecular weight excluding hydrogens is 591 g/mol. The van der Waals surface area contributed by atoms with Crippen molar-refractivity contribution in [3.63, 3.8) is 0 Å². The van der Waals surface area contributed by atoms with E-state index in [0.29, 0.717) is 35.7 Å². The third-order valence-electron chi connectivity index (χ3n) is 8.69. The van der Waals surface area contributed by atoms with Gasteiger partial charge in [-0.1, -0.05) is 26.0 Å². The lowest BCUT2D eigenvalue weighted by molar-refractivity contribution is -0.131. The first-order chi connectivity index (χ1) is 20.9. The van der Waals surface area contributed by atoms with Crippen molar-refractivity contribution >= 4 is 21.7 Å². The van der Waals surface area contributed by atoms with Crippen LogP contribution in [0.2, 0.25) is 0 Å². The Morgan fingerprint density at radius 2 is 1.93 bits per heavy atom. The molecule has 3 atom stereocenters. The van der Waals surface area contributed by atoms with Crippen LogP contribution in [0.4, 0.5) is 18.9 Å². The highest BCUT2D eigenvalue weighted by Gasteiger charge is 2.47. The van der Waals surface area contributed by atoms with Crippen LogP contribution < -0.4 is 10.2 Å². The van der Waals surface area contributed by atoms with Crippen LogP contribution in [-0.2, 0) is 14.9 Å². The van der Waals surface area contributed by atoms with Gasteiger partial charge in [-0.25, -0.2) is 22.8 Å². The van der Waals surface area contributed by atoms with Gasteiger partial charge >= 0.3 is 0 Å². The number of nitriles is 1. The first-order valence-corrected chi connectivity index (χ1v) is 16.8. The van der Waals surface area contributed by atoms with Gasteiger partial charge < -0.3 is 14.8 Å².